The van der Waals surface area contributed by atoms with Crippen molar-refractivity contribution in [2.24, 2.45) is 11.7 Å². The number of pyridine rings is 1. The van der Waals surface area contributed by atoms with Gasteiger partial charge in [-0.2, -0.15) is 0 Å². The maximum absolute atomic E-state index is 13.1. The highest BCUT2D eigenvalue weighted by Gasteiger charge is 2.42. The second-order valence-electron chi connectivity index (χ2n) is 8.73. The molecule has 4 rings (SSSR count). The van der Waals surface area contributed by atoms with E-state index in [9.17, 15) is 18.0 Å². The first-order chi connectivity index (χ1) is 15.6. The first kappa shape index (κ1) is 23.7. The number of piperidine rings is 1. The number of benzene rings is 1. The average Bonchev–Trinajstić information content (AvgIpc) is 3.63. The fraction of sp³-hybridized carbons (Fsp3) is 0.435. The number of rotatable bonds is 6. The van der Waals surface area contributed by atoms with E-state index in [-0.39, 0.29) is 22.3 Å². The van der Waals surface area contributed by atoms with Crippen LogP contribution in [-0.4, -0.2) is 61.4 Å². The van der Waals surface area contributed by atoms with E-state index in [4.69, 9.17) is 17.3 Å². The molecule has 1 aromatic carbocycles. The normalized spacial score (nSPS) is 23.2. The quantitative estimate of drug-likeness (QED) is 0.598. The van der Waals surface area contributed by atoms with Gasteiger partial charge < -0.3 is 16.0 Å². The number of nitrogens with two attached hydrogens (primary N) is 1. The lowest BCUT2D eigenvalue weighted by molar-refractivity contribution is -0.135. The van der Waals surface area contributed by atoms with Crippen molar-refractivity contribution in [2.45, 2.75) is 41.6 Å². The van der Waals surface area contributed by atoms with Gasteiger partial charge in [-0.05, 0) is 49.6 Å². The van der Waals surface area contributed by atoms with E-state index >= 15 is 0 Å². The molecule has 1 aromatic heterocycles. The molecule has 1 saturated carbocycles. The summed E-state index contributed by atoms with van der Waals surface area (Å²) in [5, 5.41) is 2.82. The Balaban J connectivity index is 1.74. The van der Waals surface area contributed by atoms with Gasteiger partial charge in [-0.15, -0.1) is 11.6 Å². The molecular formula is C23H27ClN4O4S. The Kier molecular flexibility index (Phi) is 6.48. The number of carbonyl (C=O) groups excluding carboxylic acids is 2. The second kappa shape index (κ2) is 9.04. The number of aromatic nitrogens is 1. The molecule has 2 aliphatic rings. The molecule has 33 heavy (non-hydrogen) atoms. The summed E-state index contributed by atoms with van der Waals surface area (Å²) in [5.74, 6) is -1.07. The minimum atomic E-state index is -3.52. The Morgan fingerprint density at radius 3 is 2.55 bits per heavy atom. The van der Waals surface area contributed by atoms with Gasteiger partial charge in [-0.25, -0.2) is 8.42 Å². The summed E-state index contributed by atoms with van der Waals surface area (Å²) in [6, 6.07) is 7.66. The number of nitrogens with zero attached hydrogens (tertiary/aromatic N) is 2. The maximum atomic E-state index is 13.1. The van der Waals surface area contributed by atoms with E-state index in [1.807, 2.05) is 7.05 Å². The van der Waals surface area contributed by atoms with Crippen molar-refractivity contribution in [3.63, 3.8) is 0 Å². The minimum absolute atomic E-state index is 0.00488. The summed E-state index contributed by atoms with van der Waals surface area (Å²) in [6.07, 6.45) is 5.36. The van der Waals surface area contributed by atoms with Gasteiger partial charge in [0.15, 0.2) is 9.84 Å². The second-order valence-corrected chi connectivity index (χ2v) is 11.3. The van der Waals surface area contributed by atoms with Crippen molar-refractivity contribution in [1.82, 2.24) is 15.2 Å². The van der Waals surface area contributed by atoms with Crippen molar-refractivity contribution in [3.8, 4) is 11.1 Å². The zero-order valence-electron chi connectivity index (χ0n) is 18.5. The van der Waals surface area contributed by atoms with E-state index in [0.717, 1.165) is 19.1 Å². The van der Waals surface area contributed by atoms with Crippen LogP contribution in [0.1, 0.15) is 41.4 Å². The molecule has 1 saturated heterocycles. The van der Waals surface area contributed by atoms with Gasteiger partial charge in [-0.1, -0.05) is 12.1 Å². The van der Waals surface area contributed by atoms with Crippen LogP contribution in [0.4, 0.5) is 0 Å². The van der Waals surface area contributed by atoms with Gasteiger partial charge in [0.1, 0.15) is 0 Å². The molecule has 2 amide bonds. The highest BCUT2D eigenvalue weighted by atomic mass is 35.5. The summed E-state index contributed by atoms with van der Waals surface area (Å²) < 4.78 is 24.0. The third-order valence-electron chi connectivity index (χ3n) is 6.39. The zero-order valence-corrected chi connectivity index (χ0v) is 20.1. The fourth-order valence-electron chi connectivity index (χ4n) is 4.39. The van der Waals surface area contributed by atoms with Crippen LogP contribution in [0, 0.1) is 5.92 Å². The number of amides is 2. The Labute approximate surface area is 198 Å². The first-order valence-corrected chi connectivity index (χ1v) is 13.2. The van der Waals surface area contributed by atoms with Gasteiger partial charge in [-0.3, -0.25) is 14.6 Å². The zero-order chi connectivity index (χ0) is 23.9. The highest BCUT2D eigenvalue weighted by Crippen LogP contribution is 2.39. The molecule has 10 heteroatoms. The predicted octanol–water partition coefficient (Wildman–Crippen LogP) is 2.13. The SMILES string of the molecule is CN(C(=O)C1CCNC(c2ncccc2-c2ccc(S(C)(=O)=O)cc2C(N)=O)C1Cl)C1CC1. The van der Waals surface area contributed by atoms with Crippen molar-refractivity contribution in [1.29, 1.82) is 0 Å². The lowest BCUT2D eigenvalue weighted by atomic mass is 9.86. The van der Waals surface area contributed by atoms with Gasteiger partial charge >= 0.3 is 0 Å². The number of alkyl halides is 1. The topological polar surface area (TPSA) is 122 Å². The standard InChI is InChI=1S/C23H27ClN4O4S/c1-28(13-5-6-13)23(30)17-9-11-27-21(19(17)24)20-16(4-3-10-26-20)15-8-7-14(33(2,31)32)12-18(15)22(25)29/h3-4,7-8,10,12-13,17,19,21,27H,5-6,9,11H2,1-2H3,(H2,25,29). The van der Waals surface area contributed by atoms with E-state index in [0.29, 0.717) is 35.8 Å². The molecule has 0 bridgehead atoms. The summed E-state index contributed by atoms with van der Waals surface area (Å²) in [4.78, 5) is 31.7. The smallest absolute Gasteiger partial charge is 0.249 e. The van der Waals surface area contributed by atoms with E-state index in [1.54, 1.807) is 29.3 Å². The third kappa shape index (κ3) is 4.76. The average molecular weight is 491 g/mol. The highest BCUT2D eigenvalue weighted by molar-refractivity contribution is 7.90. The minimum Gasteiger partial charge on any atom is -0.366 e. The van der Waals surface area contributed by atoms with Crippen LogP contribution in [0.3, 0.4) is 0 Å². The molecule has 3 atom stereocenters. The Hall–Kier alpha value is -2.49. The number of primary amides is 1. The van der Waals surface area contributed by atoms with Crippen LogP contribution in [-0.2, 0) is 14.6 Å². The number of carbonyl (C=O) groups is 2. The van der Waals surface area contributed by atoms with Crippen molar-refractivity contribution >= 4 is 33.3 Å². The Morgan fingerprint density at radius 2 is 1.91 bits per heavy atom. The molecule has 3 N–H and O–H groups in total. The molecule has 2 heterocycles. The van der Waals surface area contributed by atoms with E-state index in [2.05, 4.69) is 10.3 Å². The number of hydrogen-bond donors (Lipinski definition) is 2. The fourth-order valence-corrected chi connectivity index (χ4v) is 5.48. The van der Waals surface area contributed by atoms with E-state index < -0.39 is 27.2 Å². The van der Waals surface area contributed by atoms with Gasteiger partial charge in [0.05, 0.1) is 27.9 Å². The molecule has 8 nitrogen and oxygen atoms in total. The van der Waals surface area contributed by atoms with Crippen molar-refractivity contribution in [2.75, 3.05) is 19.8 Å². The Bertz CT molecular complexity index is 1200. The van der Waals surface area contributed by atoms with Gasteiger partial charge in [0.2, 0.25) is 11.8 Å². The van der Waals surface area contributed by atoms with Crippen LogP contribution in [0.15, 0.2) is 41.4 Å². The van der Waals surface area contributed by atoms with Crippen LogP contribution < -0.4 is 11.1 Å². The van der Waals surface area contributed by atoms with Crippen LogP contribution in [0.5, 0.6) is 0 Å². The monoisotopic (exact) mass is 490 g/mol. The molecule has 1 aliphatic heterocycles. The number of nitrogens with one attached hydrogen (secondary N) is 1. The number of halogens is 1. The largest absolute Gasteiger partial charge is 0.366 e. The summed E-state index contributed by atoms with van der Waals surface area (Å²) in [5.41, 5.74) is 7.34. The summed E-state index contributed by atoms with van der Waals surface area (Å²) in [7, 11) is -1.69. The summed E-state index contributed by atoms with van der Waals surface area (Å²) in [6.45, 7) is 0.592. The van der Waals surface area contributed by atoms with Crippen LogP contribution in [0.25, 0.3) is 11.1 Å². The molecule has 2 aromatic rings. The molecule has 2 fully saturated rings. The lowest BCUT2D eigenvalue weighted by Crippen LogP contribution is -2.48. The van der Waals surface area contributed by atoms with Gasteiger partial charge in [0, 0.05) is 36.7 Å². The van der Waals surface area contributed by atoms with Crippen molar-refractivity contribution < 1.29 is 18.0 Å². The van der Waals surface area contributed by atoms with Gasteiger partial charge in [0.25, 0.3) is 0 Å². The molecule has 0 spiro atoms. The first-order valence-electron chi connectivity index (χ1n) is 10.8. The van der Waals surface area contributed by atoms with Crippen LogP contribution >= 0.6 is 11.6 Å². The maximum Gasteiger partial charge on any atom is 0.249 e. The molecule has 3 unspecified atom stereocenters. The molecular weight excluding hydrogens is 464 g/mol. The number of sulfone groups is 1. The van der Waals surface area contributed by atoms with Crippen molar-refractivity contribution in [3.05, 3.63) is 47.8 Å². The van der Waals surface area contributed by atoms with E-state index in [1.165, 1.54) is 12.1 Å². The molecule has 1 aliphatic carbocycles. The summed E-state index contributed by atoms with van der Waals surface area (Å²) >= 11 is 6.87. The Morgan fingerprint density at radius 1 is 1.18 bits per heavy atom. The predicted molar refractivity (Wildman–Crippen MR) is 126 cm³/mol. The molecule has 0 radical (unpaired) electrons. The lowest BCUT2D eigenvalue weighted by Gasteiger charge is -2.37. The number of hydrogen-bond acceptors (Lipinski definition) is 6. The third-order valence-corrected chi connectivity index (χ3v) is 8.06. The van der Waals surface area contributed by atoms with Crippen LogP contribution in [0.2, 0.25) is 0 Å². The molecule has 176 valence electrons.